The summed E-state index contributed by atoms with van der Waals surface area (Å²) in [4.78, 5) is 139. The van der Waals surface area contributed by atoms with Gasteiger partial charge in [-0.1, -0.05) is 38.2 Å². The van der Waals surface area contributed by atoms with E-state index in [1.165, 1.54) is 30.1 Å². The minimum absolute atomic E-state index is 0.00488. The van der Waals surface area contributed by atoms with Crippen molar-refractivity contribution in [3.8, 4) is 0 Å². The van der Waals surface area contributed by atoms with Crippen molar-refractivity contribution in [1.29, 1.82) is 0 Å². The quantitative estimate of drug-likeness (QED) is 0.0220. The van der Waals surface area contributed by atoms with Crippen molar-refractivity contribution in [2.75, 3.05) is 69.0 Å². The minimum Gasteiger partial charge on any atom is -0.447 e. The molecule has 5 aromatic rings. The molecule has 1 unspecified atom stereocenters. The van der Waals surface area contributed by atoms with E-state index in [-0.39, 0.29) is 86.1 Å². The zero-order chi connectivity index (χ0) is 65.5. The summed E-state index contributed by atoms with van der Waals surface area (Å²) in [7, 11) is -3.39. The number of alkyl halides is 2. The first-order chi connectivity index (χ1) is 43.3. The molecule has 0 saturated carbocycles. The average Bonchev–Trinajstić information content (AvgIpc) is 1.63. The van der Waals surface area contributed by atoms with Crippen molar-refractivity contribution in [1.82, 2.24) is 64.8 Å². The Kier molecular flexibility index (Phi) is 21.3. The van der Waals surface area contributed by atoms with Gasteiger partial charge in [-0.15, -0.1) is 0 Å². The number of nitrogen functional groups attached to an aromatic ring is 1. The smallest absolute Gasteiger partial charge is 0.412 e. The monoisotopic (exact) mass is 1330 g/mol. The number of nitrogens with zero attached hydrogens (tertiary/aromatic N) is 10. The largest absolute Gasteiger partial charge is 0.447 e. The lowest BCUT2D eigenvalue weighted by Gasteiger charge is -2.27. The molecule has 35 nitrogen and oxygen atoms in total. The number of urea groups is 1. The van der Waals surface area contributed by atoms with E-state index in [9.17, 15) is 52.4 Å². The molecule has 9 rings (SSSR count). The number of imidazole rings is 2. The Morgan fingerprint density at radius 1 is 0.846 bits per heavy atom. The van der Waals surface area contributed by atoms with Gasteiger partial charge in [0.05, 0.1) is 44.7 Å². The number of benzene rings is 1. The molecule has 4 aliphatic heterocycles. The van der Waals surface area contributed by atoms with Crippen LogP contribution in [0.2, 0.25) is 0 Å². The van der Waals surface area contributed by atoms with Gasteiger partial charge >= 0.3 is 32.6 Å². The first kappa shape index (κ1) is 67.1. The summed E-state index contributed by atoms with van der Waals surface area (Å²) < 4.78 is 102. The number of ether oxygens (including phenoxy) is 4. The molecular weight excluding hydrogens is 1270 g/mol. The standard InChI is InChI=1S/C51H63F2N17O18P2S/c1-25(2)37(65-32(71)12-14-68-33(72)10-11-34(68)73)46(75)64-29(5-4-13-56-49(55)76)45(74)63-27-8-6-26(7-9-27)17-83-51(78)67(3)15-16-82-50(77)66-42-39-44(60-22-58-42)70(24-62-39)47-35(52)28-20-89(79,80)84-19-31-40(88-90(81,91)85-18-30(28)86-47)36(53)48(87-31)69-23-61-38-41(54)57-21-59-43(38)69/h6-11,21-25,28-31,35-37,40,47-48H,4-5,12-20H2,1-3H3,(H,63,74)(H,64,75)(H,65,71)(H,79,80)(H,81,91)(H2,54,57,59)(H3,55,56,76)(H,58,60,66,77)/t28-,29+,30-,31-,35-,36-,37+,40-,47-,48-,90-/m1/s1. The molecule has 10 N–H and O–H groups in total. The fourth-order valence-corrected chi connectivity index (χ4v) is 12.9. The second-order valence-corrected chi connectivity index (χ2v) is 26.2. The number of rotatable bonds is 21. The van der Waals surface area contributed by atoms with Gasteiger partial charge < -0.3 is 66.0 Å². The number of hydrogen-bond acceptors (Lipinski definition) is 24. The highest BCUT2D eigenvalue weighted by Crippen LogP contribution is 2.59. The Hall–Kier alpha value is -8.35. The summed E-state index contributed by atoms with van der Waals surface area (Å²) in [6.45, 7) is -3.60. The third-order valence-corrected chi connectivity index (χ3v) is 17.7. The highest BCUT2D eigenvalue weighted by Gasteiger charge is 2.54. The number of primary amides is 1. The lowest BCUT2D eigenvalue weighted by Crippen LogP contribution is -2.54. The maximum Gasteiger partial charge on any atom is 0.412 e. The molecule has 0 bridgehead atoms. The Balaban J connectivity index is 0.738. The molecule has 0 radical (unpaired) electrons. The van der Waals surface area contributed by atoms with E-state index in [4.69, 9.17) is 44.0 Å². The first-order valence-corrected chi connectivity index (χ1v) is 32.4. The summed E-state index contributed by atoms with van der Waals surface area (Å²) in [6, 6.07) is 3.09. The molecule has 4 aliphatic rings. The number of carbonyl (C=O) groups is 8. The summed E-state index contributed by atoms with van der Waals surface area (Å²) >= 11 is 4.05. The van der Waals surface area contributed by atoms with E-state index in [1.807, 2.05) is 0 Å². The van der Waals surface area contributed by atoms with Crippen molar-refractivity contribution in [3.63, 3.8) is 0 Å². The van der Waals surface area contributed by atoms with Gasteiger partial charge in [-0.3, -0.25) is 56.9 Å². The van der Waals surface area contributed by atoms with Crippen LogP contribution < -0.4 is 38.1 Å². The van der Waals surface area contributed by atoms with Crippen LogP contribution in [0.4, 0.5) is 40.5 Å². The summed E-state index contributed by atoms with van der Waals surface area (Å²) in [5, 5.41) is 12.8. The molecule has 490 valence electrons. The van der Waals surface area contributed by atoms with Crippen molar-refractivity contribution in [2.45, 2.75) is 94.9 Å². The third-order valence-electron chi connectivity index (χ3n) is 14.7. The molecule has 0 aliphatic carbocycles. The van der Waals surface area contributed by atoms with Crippen molar-refractivity contribution >= 4 is 114 Å². The van der Waals surface area contributed by atoms with Crippen molar-refractivity contribution < 1.29 is 93.7 Å². The van der Waals surface area contributed by atoms with Gasteiger partial charge in [0.1, 0.15) is 55.7 Å². The van der Waals surface area contributed by atoms with E-state index in [1.54, 1.807) is 26.0 Å². The highest BCUT2D eigenvalue weighted by molar-refractivity contribution is 8.44. The third kappa shape index (κ3) is 16.4. The number of fused-ring (bicyclic) bond motifs is 4. The molecule has 40 heteroatoms. The van der Waals surface area contributed by atoms with Crippen LogP contribution in [0.1, 0.15) is 51.1 Å². The number of nitrogens with one attached hydrogen (secondary N) is 5. The molecule has 1 aromatic carbocycles. The number of hydrogen-bond donors (Lipinski definition) is 9. The highest BCUT2D eigenvalue weighted by atomic mass is 32.7. The van der Waals surface area contributed by atoms with Crippen molar-refractivity contribution in [3.05, 3.63) is 67.3 Å². The van der Waals surface area contributed by atoms with E-state index >= 15 is 8.78 Å². The van der Waals surface area contributed by atoms with Gasteiger partial charge in [0.25, 0.3) is 11.8 Å². The van der Waals surface area contributed by atoms with Gasteiger partial charge in [-0.05, 0) is 36.5 Å². The van der Waals surface area contributed by atoms with Crippen LogP contribution in [0.3, 0.4) is 0 Å². The topological polar surface area (TPSA) is 461 Å². The summed E-state index contributed by atoms with van der Waals surface area (Å²) in [6.07, 6.45) is -8.23. The number of amides is 9. The van der Waals surface area contributed by atoms with E-state index in [0.29, 0.717) is 11.3 Å². The van der Waals surface area contributed by atoms with Gasteiger partial charge in [0.15, 0.2) is 53.2 Å². The zero-order valence-corrected chi connectivity index (χ0v) is 51.2. The number of likely N-dealkylation sites (N-methyl/N-ethyl adjacent to an activating group) is 1. The number of thiol groups is 1. The van der Waals surface area contributed by atoms with Crippen LogP contribution in [0.15, 0.2) is 61.7 Å². The lowest BCUT2D eigenvalue weighted by molar-refractivity contribution is -0.137. The number of nitrogens with two attached hydrogens (primary N) is 2. The van der Waals surface area contributed by atoms with E-state index < -0.39 is 149 Å². The Morgan fingerprint density at radius 3 is 2.19 bits per heavy atom. The SMILES string of the molecule is CC(C)[C@H](NC(=O)CCN1C(=O)C=CC1=O)C(=O)N[C@@H](CCCNC(N)=O)C(=O)Nc1ccc(COC(=O)N(C)CCOC(=O)Nc2ncnc3c2ncn3[C@@H]2O[C@@H]3CO[P@@](=O)(S)O[C@H]4[C@@H](F)[C@H](n5cnc6c(N)ncnc65)O[C@@H]4COP(=O)(O)C[C@H]3[C@H]2F)cc1. The Morgan fingerprint density at radius 2 is 1.49 bits per heavy atom. The van der Waals surface area contributed by atoms with Crippen molar-refractivity contribution in [2.24, 2.45) is 17.6 Å². The number of carbonyl (C=O) groups excluding carboxylic acids is 8. The predicted molar refractivity (Wildman–Crippen MR) is 313 cm³/mol. The molecule has 3 saturated heterocycles. The maximum atomic E-state index is 16.7. The van der Waals surface area contributed by atoms with Crippen LogP contribution in [0, 0.1) is 11.8 Å². The number of halogens is 2. The molecule has 91 heavy (non-hydrogen) atoms. The molecule has 12 atom stereocenters. The molecule has 8 heterocycles. The van der Waals surface area contributed by atoms with Crippen LogP contribution in [-0.4, -0.2) is 197 Å². The average molecular weight is 1330 g/mol. The summed E-state index contributed by atoms with van der Waals surface area (Å²) in [5.74, 6) is -5.22. The Labute approximate surface area is 519 Å². The fourth-order valence-electron chi connectivity index (χ4n) is 9.96. The maximum absolute atomic E-state index is 16.7. The zero-order valence-electron chi connectivity index (χ0n) is 48.5. The van der Waals surface area contributed by atoms with Crippen LogP contribution in [0.5, 0.6) is 0 Å². The van der Waals surface area contributed by atoms with E-state index in [2.05, 4.69) is 68.7 Å². The van der Waals surface area contributed by atoms with Gasteiger partial charge in [0, 0.05) is 50.3 Å². The van der Waals surface area contributed by atoms with Gasteiger partial charge in [0.2, 0.25) is 17.7 Å². The second kappa shape index (κ2) is 28.9. The molecule has 9 amide bonds. The predicted octanol–water partition coefficient (Wildman–Crippen LogP) is 2.14. The molecule has 3 fully saturated rings. The number of aromatic nitrogens is 8. The normalized spacial score (nSPS) is 25.6. The van der Waals surface area contributed by atoms with Gasteiger partial charge in [-0.2, -0.15) is 0 Å². The second-order valence-electron chi connectivity index (χ2n) is 21.4. The number of imide groups is 1. The fraction of sp³-hybridized carbons (Fsp3) is 0.490. The molecular formula is C51H63F2N17O18P2S. The molecule has 4 aromatic heterocycles. The lowest BCUT2D eigenvalue weighted by atomic mass is 10.0. The van der Waals surface area contributed by atoms with Crippen LogP contribution in [-0.2, 0) is 72.2 Å². The van der Waals surface area contributed by atoms with Crippen LogP contribution in [0.25, 0.3) is 22.3 Å². The first-order valence-electron chi connectivity index (χ1n) is 28.0. The summed E-state index contributed by atoms with van der Waals surface area (Å²) in [5.41, 5.74) is 11.9. The molecule has 0 spiro atoms. The number of anilines is 3. The van der Waals surface area contributed by atoms with E-state index in [0.717, 1.165) is 45.5 Å². The Bertz CT molecular complexity index is 3690. The minimum atomic E-state index is -4.78. The van der Waals surface area contributed by atoms with Crippen LogP contribution >= 0.6 is 26.6 Å². The van der Waals surface area contributed by atoms with Gasteiger partial charge in [-0.25, -0.2) is 57.6 Å².